The van der Waals surface area contributed by atoms with Crippen LogP contribution in [0.25, 0.3) is 16.8 Å². The molecule has 0 bridgehead atoms. The van der Waals surface area contributed by atoms with E-state index in [1.165, 1.54) is 28.0 Å². The smallest absolute Gasteiger partial charge is 0.283 e. The van der Waals surface area contributed by atoms with Crippen molar-refractivity contribution >= 4 is 86.4 Å². The minimum atomic E-state index is -0.644. The second-order valence-corrected chi connectivity index (χ2v) is 13.4. The van der Waals surface area contributed by atoms with Gasteiger partial charge in [0, 0.05) is 11.8 Å². The number of nitrogens with zero attached hydrogens (tertiary/aromatic N) is 3. The molecule has 250 valence electrons. The van der Waals surface area contributed by atoms with Crippen LogP contribution in [-0.2, 0) is 14.4 Å². The fraction of sp³-hybridized carbons (Fsp3) is 0.128. The number of hydrogen-bond acceptors (Lipinski definition) is 7. The number of nitro benzene ring substituents is 1. The summed E-state index contributed by atoms with van der Waals surface area (Å²) in [7, 11) is 0. The molecule has 9 nitrogen and oxygen atoms in total. The summed E-state index contributed by atoms with van der Waals surface area (Å²) in [5, 5.41) is 17.1. The van der Waals surface area contributed by atoms with Crippen molar-refractivity contribution in [1.29, 1.82) is 0 Å². The number of anilines is 3. The number of benzene rings is 5. The van der Waals surface area contributed by atoms with Gasteiger partial charge in [-0.1, -0.05) is 48.5 Å². The van der Waals surface area contributed by atoms with Gasteiger partial charge in [0.05, 0.1) is 26.9 Å². The quantitative estimate of drug-likeness (QED) is 0.0432. The summed E-state index contributed by atoms with van der Waals surface area (Å²) in [6.07, 6.45) is 1.35. The lowest BCUT2D eigenvalue weighted by atomic mass is 10.0. The zero-order valence-electron chi connectivity index (χ0n) is 27.7. The minimum Gasteiger partial charge on any atom is -0.325 e. The van der Waals surface area contributed by atoms with Crippen LogP contribution in [0.15, 0.2) is 108 Å². The molecule has 5 aromatic rings. The number of aryl methyl sites for hydroxylation is 4. The van der Waals surface area contributed by atoms with E-state index in [1.54, 1.807) is 24.3 Å². The zero-order chi connectivity index (χ0) is 35.7. The average Bonchev–Trinajstić information content (AvgIpc) is 3.09. The summed E-state index contributed by atoms with van der Waals surface area (Å²) in [5.41, 5.74) is 5.34. The van der Waals surface area contributed by atoms with Crippen LogP contribution in [0.2, 0.25) is 0 Å². The lowest BCUT2D eigenvalue weighted by molar-refractivity contribution is -0.387. The first-order chi connectivity index (χ1) is 23.9. The SMILES string of the molecule is Cc1ccc(N2C(=O)C(=Cc3ccc(SCC(=O)Nc4ccc5ccccc5c4)c([N+](=O)[O-])c3)C(=O)N(c3ccc(C)c(C)c3)C2=S)cc1C. The van der Waals surface area contributed by atoms with Gasteiger partial charge in [0.25, 0.3) is 17.5 Å². The molecule has 6 rings (SSSR count). The number of nitrogens with one attached hydrogen (secondary N) is 1. The molecular formula is C39H32N4O5S2. The van der Waals surface area contributed by atoms with Gasteiger partial charge in [-0.25, -0.2) is 0 Å². The largest absolute Gasteiger partial charge is 0.325 e. The number of carbonyl (C=O) groups excluding carboxylic acids is 3. The maximum Gasteiger partial charge on any atom is 0.283 e. The number of nitro groups is 1. The van der Waals surface area contributed by atoms with Crippen LogP contribution in [0.1, 0.15) is 27.8 Å². The zero-order valence-corrected chi connectivity index (χ0v) is 29.4. The summed E-state index contributed by atoms with van der Waals surface area (Å²) in [4.78, 5) is 55.5. The number of carbonyl (C=O) groups is 3. The summed E-state index contributed by atoms with van der Waals surface area (Å²) >= 11 is 6.80. The number of thiocarbonyl (C=S) groups is 1. The first-order valence-electron chi connectivity index (χ1n) is 15.7. The van der Waals surface area contributed by atoms with E-state index in [4.69, 9.17) is 12.2 Å². The number of hydrogen-bond donors (Lipinski definition) is 1. The van der Waals surface area contributed by atoms with E-state index in [0.717, 1.165) is 44.8 Å². The van der Waals surface area contributed by atoms with Crippen molar-refractivity contribution in [3.8, 4) is 0 Å². The Hall–Kier alpha value is -5.65. The fourth-order valence-corrected chi connectivity index (χ4v) is 6.76. The molecule has 1 N–H and O–H groups in total. The lowest BCUT2D eigenvalue weighted by Gasteiger charge is -2.37. The lowest BCUT2D eigenvalue weighted by Crippen LogP contribution is -2.57. The average molecular weight is 701 g/mol. The Morgan fingerprint density at radius 2 is 1.38 bits per heavy atom. The normalized spacial score (nSPS) is 13.2. The van der Waals surface area contributed by atoms with Gasteiger partial charge in [-0.3, -0.25) is 34.3 Å². The first kappa shape index (κ1) is 34.2. The van der Waals surface area contributed by atoms with Gasteiger partial charge in [0.15, 0.2) is 5.11 Å². The van der Waals surface area contributed by atoms with Gasteiger partial charge in [0.1, 0.15) is 5.57 Å². The van der Waals surface area contributed by atoms with E-state index in [1.807, 2.05) is 88.4 Å². The Balaban J connectivity index is 1.30. The van der Waals surface area contributed by atoms with Gasteiger partial charge < -0.3 is 5.32 Å². The Labute approximate surface area is 298 Å². The molecule has 1 aliphatic rings. The summed E-state index contributed by atoms with van der Waals surface area (Å²) < 4.78 is 0. The molecule has 5 aromatic carbocycles. The Morgan fingerprint density at radius 1 is 0.780 bits per heavy atom. The molecule has 0 saturated carbocycles. The van der Waals surface area contributed by atoms with Gasteiger partial charge in [-0.15, -0.1) is 11.8 Å². The Morgan fingerprint density at radius 3 is 1.96 bits per heavy atom. The van der Waals surface area contributed by atoms with Crippen LogP contribution in [-0.4, -0.2) is 33.5 Å². The second-order valence-electron chi connectivity index (χ2n) is 12.0. The highest BCUT2D eigenvalue weighted by Crippen LogP contribution is 2.34. The highest BCUT2D eigenvalue weighted by atomic mass is 32.2. The molecule has 50 heavy (non-hydrogen) atoms. The van der Waals surface area contributed by atoms with Gasteiger partial charge >= 0.3 is 0 Å². The summed E-state index contributed by atoms with van der Waals surface area (Å²) in [6, 6.07) is 28.7. The molecule has 3 amide bonds. The Bertz CT molecular complexity index is 2210. The standard InChI is InChI=1S/C39H32N4O5S2/c1-23-9-14-31(17-25(23)3)41-37(45)33(38(46)42(39(41)49)32-15-10-24(2)26(4)18-32)19-27-11-16-35(34(20-27)43(47)48)50-22-36(44)40-30-13-12-28-7-5-6-8-29(28)21-30/h5-21H,22H2,1-4H3,(H,40,44). The monoisotopic (exact) mass is 700 g/mol. The molecule has 1 fully saturated rings. The van der Waals surface area contributed by atoms with Crippen molar-refractivity contribution in [2.24, 2.45) is 0 Å². The highest BCUT2D eigenvalue weighted by Gasteiger charge is 2.41. The van der Waals surface area contributed by atoms with Crippen molar-refractivity contribution in [2.75, 3.05) is 20.9 Å². The van der Waals surface area contributed by atoms with Crippen LogP contribution in [0.3, 0.4) is 0 Å². The van der Waals surface area contributed by atoms with Gasteiger partial charge in [-0.05, 0) is 127 Å². The molecule has 1 aliphatic heterocycles. The number of amides is 3. The number of rotatable bonds is 8. The van der Waals surface area contributed by atoms with Crippen LogP contribution in [0.4, 0.5) is 22.7 Å². The Kier molecular flexibility index (Phi) is 9.63. The van der Waals surface area contributed by atoms with Crippen molar-refractivity contribution < 1.29 is 19.3 Å². The second kappa shape index (κ2) is 14.1. The molecule has 0 aliphatic carbocycles. The number of thioether (sulfide) groups is 1. The summed E-state index contributed by atoms with van der Waals surface area (Å²) in [6.45, 7) is 7.76. The van der Waals surface area contributed by atoms with Crippen LogP contribution >= 0.6 is 24.0 Å². The van der Waals surface area contributed by atoms with Crippen molar-refractivity contribution in [3.63, 3.8) is 0 Å². The van der Waals surface area contributed by atoms with Gasteiger partial charge in [0.2, 0.25) is 5.91 Å². The predicted molar refractivity (Wildman–Crippen MR) is 204 cm³/mol. The molecule has 0 spiro atoms. The molecular weight excluding hydrogens is 669 g/mol. The summed E-state index contributed by atoms with van der Waals surface area (Å²) in [5.74, 6) is -1.68. The molecule has 0 atom stereocenters. The van der Waals surface area contributed by atoms with E-state index in [9.17, 15) is 24.5 Å². The van der Waals surface area contributed by atoms with Crippen LogP contribution < -0.4 is 15.1 Å². The maximum absolute atomic E-state index is 14.1. The highest BCUT2D eigenvalue weighted by molar-refractivity contribution is 8.00. The fourth-order valence-electron chi connectivity index (χ4n) is 5.58. The van der Waals surface area contributed by atoms with E-state index in [2.05, 4.69) is 5.32 Å². The van der Waals surface area contributed by atoms with Crippen LogP contribution in [0, 0.1) is 37.8 Å². The van der Waals surface area contributed by atoms with E-state index >= 15 is 0 Å². The van der Waals surface area contributed by atoms with E-state index in [0.29, 0.717) is 17.1 Å². The minimum absolute atomic E-state index is 0.00310. The molecule has 0 aromatic heterocycles. The van der Waals surface area contributed by atoms with Crippen LogP contribution in [0.5, 0.6) is 0 Å². The van der Waals surface area contributed by atoms with Crippen molar-refractivity contribution in [2.45, 2.75) is 32.6 Å². The molecule has 1 saturated heterocycles. The molecule has 1 heterocycles. The van der Waals surface area contributed by atoms with E-state index < -0.39 is 16.7 Å². The third kappa shape index (κ3) is 6.91. The predicted octanol–water partition coefficient (Wildman–Crippen LogP) is 8.46. The maximum atomic E-state index is 14.1. The molecule has 0 radical (unpaired) electrons. The van der Waals surface area contributed by atoms with Crippen molar-refractivity contribution in [3.05, 3.63) is 141 Å². The third-order valence-electron chi connectivity index (χ3n) is 8.63. The van der Waals surface area contributed by atoms with Gasteiger partial charge in [-0.2, -0.15) is 0 Å². The molecule has 0 unspecified atom stereocenters. The topological polar surface area (TPSA) is 113 Å². The molecule has 11 heteroatoms. The number of fused-ring (bicyclic) bond motifs is 1. The van der Waals surface area contributed by atoms with Crippen molar-refractivity contribution in [1.82, 2.24) is 0 Å². The first-order valence-corrected chi connectivity index (χ1v) is 17.1. The third-order valence-corrected chi connectivity index (χ3v) is 10.1. The van der Waals surface area contributed by atoms with E-state index in [-0.39, 0.29) is 38.5 Å².